The molecule has 0 bridgehead atoms. The summed E-state index contributed by atoms with van der Waals surface area (Å²) in [6.07, 6.45) is 3.41. The monoisotopic (exact) mass is 370 g/mol. The van der Waals surface area contributed by atoms with Gasteiger partial charge in [-0.3, -0.25) is 9.36 Å². The first kappa shape index (κ1) is 17.5. The summed E-state index contributed by atoms with van der Waals surface area (Å²) < 4.78 is 6.88. The van der Waals surface area contributed by atoms with Gasteiger partial charge in [0.15, 0.2) is 0 Å². The second-order valence-corrected chi connectivity index (χ2v) is 6.19. The van der Waals surface area contributed by atoms with Crippen LogP contribution in [0.3, 0.4) is 0 Å². The minimum atomic E-state index is -0.152. The number of ether oxygens (including phenoxy) is 1. The molecule has 0 unspecified atom stereocenters. The summed E-state index contributed by atoms with van der Waals surface area (Å²) in [6, 6.07) is 21.7. The Hall–Kier alpha value is -3.86. The topological polar surface area (TPSA) is 64.3 Å². The van der Waals surface area contributed by atoms with Crippen LogP contribution < -0.4 is 10.3 Å². The number of methoxy groups -OCH3 is 1. The van der Waals surface area contributed by atoms with Crippen molar-refractivity contribution in [1.82, 2.24) is 9.55 Å². The van der Waals surface area contributed by atoms with Gasteiger partial charge in [0.05, 0.1) is 29.3 Å². The fourth-order valence-corrected chi connectivity index (χ4v) is 3.12. The van der Waals surface area contributed by atoms with Gasteiger partial charge in [0.1, 0.15) is 17.3 Å². The number of benzene rings is 3. The van der Waals surface area contributed by atoms with Gasteiger partial charge in [-0.25, -0.2) is 4.98 Å². The highest BCUT2D eigenvalue weighted by atomic mass is 16.5. The van der Waals surface area contributed by atoms with Crippen LogP contribution >= 0.6 is 0 Å². The van der Waals surface area contributed by atoms with Crippen LogP contribution in [-0.4, -0.2) is 21.8 Å². The molecular weight excluding hydrogens is 352 g/mol. The molecule has 5 nitrogen and oxygen atoms in total. The minimum Gasteiger partial charge on any atom is -0.507 e. The molecule has 4 rings (SSSR count). The average molecular weight is 370 g/mol. The Morgan fingerprint density at radius 3 is 2.46 bits per heavy atom. The smallest absolute Gasteiger partial charge is 0.266 e. The third-order valence-electron chi connectivity index (χ3n) is 4.48. The van der Waals surface area contributed by atoms with Crippen LogP contribution in [0.1, 0.15) is 11.4 Å². The lowest BCUT2D eigenvalue weighted by Gasteiger charge is -2.12. The Kier molecular flexibility index (Phi) is 4.64. The number of phenols is 1. The molecule has 0 aliphatic carbocycles. The highest BCUT2D eigenvalue weighted by Gasteiger charge is 2.11. The van der Waals surface area contributed by atoms with Gasteiger partial charge in [0.2, 0.25) is 0 Å². The summed E-state index contributed by atoms with van der Waals surface area (Å²) in [7, 11) is 1.54. The van der Waals surface area contributed by atoms with Gasteiger partial charge in [0, 0.05) is 0 Å². The second-order valence-electron chi connectivity index (χ2n) is 6.19. The zero-order chi connectivity index (χ0) is 19.5. The number of aromatic hydroxyl groups is 1. The molecule has 1 heterocycles. The molecule has 5 heteroatoms. The number of para-hydroxylation sites is 2. The zero-order valence-corrected chi connectivity index (χ0v) is 15.2. The Morgan fingerprint density at radius 2 is 1.68 bits per heavy atom. The fraction of sp³-hybridized carbons (Fsp3) is 0.0435. The Morgan fingerprint density at radius 1 is 0.929 bits per heavy atom. The minimum absolute atomic E-state index is 0.0880. The summed E-state index contributed by atoms with van der Waals surface area (Å²) >= 11 is 0. The summed E-state index contributed by atoms with van der Waals surface area (Å²) in [5.41, 5.74) is 1.70. The number of aromatic nitrogens is 2. The number of nitrogens with zero attached hydrogens (tertiary/aromatic N) is 2. The van der Waals surface area contributed by atoms with E-state index < -0.39 is 0 Å². The summed E-state index contributed by atoms with van der Waals surface area (Å²) in [6.45, 7) is 0. The lowest BCUT2D eigenvalue weighted by atomic mass is 10.1. The molecule has 0 saturated carbocycles. The molecule has 1 N–H and O–H groups in total. The van der Waals surface area contributed by atoms with Crippen molar-refractivity contribution in [2.45, 2.75) is 0 Å². The van der Waals surface area contributed by atoms with Gasteiger partial charge in [-0.1, -0.05) is 36.4 Å². The SMILES string of the molecule is COc1cccc(O)c1C=Cc1nc2ccccc2c(=O)n1-c1ccccc1. The van der Waals surface area contributed by atoms with Crippen molar-refractivity contribution in [3.8, 4) is 17.2 Å². The third kappa shape index (κ3) is 3.14. The molecule has 0 radical (unpaired) electrons. The molecule has 0 spiro atoms. The standard InChI is InChI=1S/C23H18N2O3/c1-28-21-13-7-12-20(26)18(21)14-15-22-24-19-11-6-5-10-17(19)23(27)25(22)16-8-3-2-4-9-16/h2-15,26H,1H3. The van der Waals surface area contributed by atoms with Crippen LogP contribution in [0.15, 0.2) is 77.6 Å². The molecule has 28 heavy (non-hydrogen) atoms. The highest BCUT2D eigenvalue weighted by molar-refractivity contribution is 5.81. The van der Waals surface area contributed by atoms with Gasteiger partial charge < -0.3 is 9.84 Å². The number of rotatable bonds is 4. The van der Waals surface area contributed by atoms with Gasteiger partial charge in [-0.15, -0.1) is 0 Å². The molecule has 0 saturated heterocycles. The van der Waals surface area contributed by atoms with Crippen LogP contribution in [0.5, 0.6) is 11.5 Å². The Labute approximate surface area is 161 Å². The van der Waals surface area contributed by atoms with Gasteiger partial charge >= 0.3 is 0 Å². The number of phenolic OH excluding ortho intramolecular Hbond substituents is 1. The van der Waals surface area contributed by atoms with Crippen molar-refractivity contribution in [2.24, 2.45) is 0 Å². The molecule has 0 amide bonds. The zero-order valence-electron chi connectivity index (χ0n) is 15.2. The van der Waals surface area contributed by atoms with E-state index in [1.165, 1.54) is 0 Å². The van der Waals surface area contributed by atoms with Crippen LogP contribution in [0, 0.1) is 0 Å². The van der Waals surface area contributed by atoms with E-state index >= 15 is 0 Å². The molecule has 4 aromatic rings. The van der Waals surface area contributed by atoms with E-state index in [9.17, 15) is 9.90 Å². The largest absolute Gasteiger partial charge is 0.507 e. The molecule has 0 atom stereocenters. The predicted octanol–water partition coefficient (Wildman–Crippen LogP) is 4.27. The van der Waals surface area contributed by atoms with Crippen molar-refractivity contribution < 1.29 is 9.84 Å². The van der Waals surface area contributed by atoms with Gasteiger partial charge in [-0.2, -0.15) is 0 Å². The second kappa shape index (κ2) is 7.40. The van der Waals surface area contributed by atoms with E-state index in [1.807, 2.05) is 48.5 Å². The van der Waals surface area contributed by atoms with Crippen molar-refractivity contribution in [2.75, 3.05) is 7.11 Å². The highest BCUT2D eigenvalue weighted by Crippen LogP contribution is 2.29. The Bertz CT molecular complexity index is 1230. The van der Waals surface area contributed by atoms with Crippen molar-refractivity contribution in [3.05, 3.63) is 94.5 Å². The number of hydrogen-bond acceptors (Lipinski definition) is 4. The van der Waals surface area contributed by atoms with Crippen molar-refractivity contribution in [3.63, 3.8) is 0 Å². The van der Waals surface area contributed by atoms with Crippen molar-refractivity contribution >= 4 is 23.1 Å². The molecule has 138 valence electrons. The quantitative estimate of drug-likeness (QED) is 0.583. The summed E-state index contributed by atoms with van der Waals surface area (Å²) in [5, 5.41) is 10.7. The average Bonchev–Trinajstić information content (AvgIpc) is 2.73. The molecule has 0 aliphatic heterocycles. The first-order chi connectivity index (χ1) is 13.7. The lowest BCUT2D eigenvalue weighted by Crippen LogP contribution is -2.22. The Balaban J connectivity index is 1.95. The maximum atomic E-state index is 13.2. The van der Waals surface area contributed by atoms with E-state index in [2.05, 4.69) is 4.98 Å². The van der Waals surface area contributed by atoms with E-state index in [1.54, 1.807) is 48.1 Å². The first-order valence-electron chi connectivity index (χ1n) is 8.80. The molecule has 0 aliphatic rings. The van der Waals surface area contributed by atoms with Crippen LogP contribution in [0.25, 0.3) is 28.7 Å². The molecule has 3 aromatic carbocycles. The number of hydrogen-bond donors (Lipinski definition) is 1. The maximum Gasteiger partial charge on any atom is 0.266 e. The first-order valence-corrected chi connectivity index (χ1v) is 8.80. The van der Waals surface area contributed by atoms with Crippen molar-refractivity contribution in [1.29, 1.82) is 0 Å². The van der Waals surface area contributed by atoms with Gasteiger partial charge in [0.25, 0.3) is 5.56 Å². The molecule has 0 fully saturated rings. The number of fused-ring (bicyclic) bond motifs is 1. The van der Waals surface area contributed by atoms with Gasteiger partial charge in [-0.05, 0) is 48.6 Å². The van der Waals surface area contributed by atoms with Crippen LogP contribution in [0.4, 0.5) is 0 Å². The lowest BCUT2D eigenvalue weighted by molar-refractivity contribution is 0.406. The maximum absolute atomic E-state index is 13.2. The fourth-order valence-electron chi connectivity index (χ4n) is 3.12. The third-order valence-corrected chi connectivity index (χ3v) is 4.48. The summed E-state index contributed by atoms with van der Waals surface area (Å²) in [4.78, 5) is 17.8. The van der Waals surface area contributed by atoms with E-state index in [0.29, 0.717) is 28.0 Å². The van der Waals surface area contributed by atoms with E-state index in [-0.39, 0.29) is 11.3 Å². The van der Waals surface area contributed by atoms with Crippen LogP contribution in [0.2, 0.25) is 0 Å². The molecule has 1 aromatic heterocycles. The molecular formula is C23H18N2O3. The normalized spacial score (nSPS) is 11.2. The van der Waals surface area contributed by atoms with E-state index in [0.717, 1.165) is 5.69 Å². The predicted molar refractivity (Wildman–Crippen MR) is 111 cm³/mol. The summed E-state index contributed by atoms with van der Waals surface area (Å²) in [5.74, 6) is 1.08. The van der Waals surface area contributed by atoms with E-state index in [4.69, 9.17) is 4.74 Å². The van der Waals surface area contributed by atoms with Crippen LogP contribution in [-0.2, 0) is 0 Å².